The minimum atomic E-state index is -0.582. The summed E-state index contributed by atoms with van der Waals surface area (Å²) in [6, 6.07) is 0.588. The van der Waals surface area contributed by atoms with Gasteiger partial charge in [-0.2, -0.15) is 11.8 Å². The van der Waals surface area contributed by atoms with Crippen LogP contribution in [0.2, 0.25) is 0 Å². The van der Waals surface area contributed by atoms with Crippen LogP contribution in [-0.4, -0.2) is 34.3 Å². The second-order valence-corrected chi connectivity index (χ2v) is 6.00. The summed E-state index contributed by atoms with van der Waals surface area (Å²) in [6.45, 7) is 6.66. The molecular formula is C10H21NOS. The molecule has 0 spiro atoms. The molecule has 1 heterocycles. The molecule has 2 atom stereocenters. The van der Waals surface area contributed by atoms with Crippen molar-refractivity contribution in [1.82, 2.24) is 5.32 Å². The molecule has 0 aliphatic carbocycles. The van der Waals surface area contributed by atoms with Crippen molar-refractivity contribution in [1.29, 1.82) is 0 Å². The Hall–Kier alpha value is 0.270. The van der Waals surface area contributed by atoms with Crippen molar-refractivity contribution < 1.29 is 5.11 Å². The van der Waals surface area contributed by atoms with E-state index in [1.165, 1.54) is 18.6 Å². The summed E-state index contributed by atoms with van der Waals surface area (Å²) < 4.78 is 0. The fraction of sp³-hybridized carbons (Fsp3) is 1.00. The minimum absolute atomic E-state index is 0.582. The summed E-state index contributed by atoms with van der Waals surface area (Å²) in [4.78, 5) is 0. The van der Waals surface area contributed by atoms with Gasteiger partial charge in [0.05, 0.1) is 5.60 Å². The summed E-state index contributed by atoms with van der Waals surface area (Å²) in [7, 11) is 0. The van der Waals surface area contributed by atoms with Crippen LogP contribution in [0.25, 0.3) is 0 Å². The van der Waals surface area contributed by atoms with Crippen LogP contribution >= 0.6 is 11.8 Å². The highest BCUT2D eigenvalue weighted by Crippen LogP contribution is 2.25. The van der Waals surface area contributed by atoms with Gasteiger partial charge in [0.15, 0.2) is 0 Å². The molecule has 13 heavy (non-hydrogen) atoms. The van der Waals surface area contributed by atoms with Gasteiger partial charge in [0.25, 0.3) is 0 Å². The topological polar surface area (TPSA) is 32.3 Å². The molecule has 2 unspecified atom stereocenters. The lowest BCUT2D eigenvalue weighted by atomic mass is 10.1. The molecule has 3 heteroatoms. The van der Waals surface area contributed by atoms with E-state index in [1.807, 2.05) is 25.6 Å². The zero-order chi connectivity index (χ0) is 9.90. The second kappa shape index (κ2) is 4.67. The fourth-order valence-electron chi connectivity index (χ4n) is 1.57. The maximum atomic E-state index is 9.57. The lowest BCUT2D eigenvalue weighted by molar-refractivity contribution is 0.0759. The summed E-state index contributed by atoms with van der Waals surface area (Å²) in [5.74, 6) is 1.29. The number of hydrogen-bond donors (Lipinski definition) is 2. The highest BCUT2D eigenvalue weighted by atomic mass is 32.2. The van der Waals surface area contributed by atoms with Crippen LogP contribution in [0, 0.1) is 0 Å². The summed E-state index contributed by atoms with van der Waals surface area (Å²) in [5.41, 5.74) is -0.582. The van der Waals surface area contributed by atoms with Crippen molar-refractivity contribution in [2.75, 3.05) is 12.3 Å². The monoisotopic (exact) mass is 203 g/mol. The van der Waals surface area contributed by atoms with E-state index in [0.717, 1.165) is 0 Å². The van der Waals surface area contributed by atoms with E-state index in [4.69, 9.17) is 0 Å². The van der Waals surface area contributed by atoms with Gasteiger partial charge in [-0.3, -0.25) is 0 Å². The van der Waals surface area contributed by atoms with Crippen LogP contribution in [0.4, 0.5) is 0 Å². The molecule has 1 aliphatic rings. The molecule has 1 fully saturated rings. The van der Waals surface area contributed by atoms with Crippen LogP contribution in [0.3, 0.4) is 0 Å². The Morgan fingerprint density at radius 3 is 2.77 bits per heavy atom. The highest BCUT2D eigenvalue weighted by Gasteiger charge is 2.23. The number of rotatable bonds is 3. The predicted octanol–water partition coefficient (Wildman–Crippen LogP) is 1.63. The number of thioether (sulfide) groups is 1. The average molecular weight is 203 g/mol. The standard InChI is InChI=1S/C10H21NOS/c1-8-9(5-4-6-13-8)11-7-10(2,3)12/h8-9,11-12H,4-7H2,1-3H3. The minimum Gasteiger partial charge on any atom is -0.389 e. The van der Waals surface area contributed by atoms with Crippen LogP contribution in [0.15, 0.2) is 0 Å². The fourth-order valence-corrected chi connectivity index (χ4v) is 2.74. The average Bonchev–Trinajstić information content (AvgIpc) is 2.01. The first-order chi connectivity index (χ1) is 5.99. The molecule has 1 aliphatic heterocycles. The number of hydrogen-bond acceptors (Lipinski definition) is 3. The Labute approximate surface area is 85.5 Å². The second-order valence-electron chi connectivity index (χ2n) is 4.52. The molecule has 1 saturated heterocycles. The number of aliphatic hydroxyl groups is 1. The van der Waals surface area contributed by atoms with Gasteiger partial charge in [-0.05, 0) is 32.4 Å². The first-order valence-electron chi connectivity index (χ1n) is 5.06. The van der Waals surface area contributed by atoms with E-state index in [1.54, 1.807) is 0 Å². The Kier molecular flexibility index (Phi) is 4.07. The maximum absolute atomic E-state index is 9.57. The maximum Gasteiger partial charge on any atom is 0.0715 e. The Bertz CT molecular complexity index is 155. The third kappa shape index (κ3) is 4.34. The van der Waals surface area contributed by atoms with Crippen molar-refractivity contribution in [2.24, 2.45) is 0 Å². The van der Waals surface area contributed by atoms with Gasteiger partial charge in [0.2, 0.25) is 0 Å². The lowest BCUT2D eigenvalue weighted by Gasteiger charge is -2.31. The zero-order valence-electron chi connectivity index (χ0n) is 8.84. The van der Waals surface area contributed by atoms with Crippen LogP contribution < -0.4 is 5.32 Å². The molecule has 0 radical (unpaired) electrons. The summed E-state index contributed by atoms with van der Waals surface area (Å²) >= 11 is 2.03. The third-order valence-electron chi connectivity index (χ3n) is 2.40. The normalized spacial score (nSPS) is 30.5. The molecule has 0 aromatic carbocycles. The largest absolute Gasteiger partial charge is 0.389 e. The van der Waals surface area contributed by atoms with Crippen LogP contribution in [0.1, 0.15) is 33.6 Å². The van der Waals surface area contributed by atoms with Gasteiger partial charge in [0, 0.05) is 17.8 Å². The Morgan fingerprint density at radius 1 is 1.54 bits per heavy atom. The van der Waals surface area contributed by atoms with Gasteiger partial charge in [-0.25, -0.2) is 0 Å². The van der Waals surface area contributed by atoms with Crippen molar-refractivity contribution in [3.63, 3.8) is 0 Å². The SMILES string of the molecule is CC1SCCCC1NCC(C)(C)O. The Morgan fingerprint density at radius 2 is 2.23 bits per heavy atom. The van der Waals surface area contributed by atoms with Crippen LogP contribution in [-0.2, 0) is 0 Å². The van der Waals surface area contributed by atoms with E-state index >= 15 is 0 Å². The first kappa shape index (κ1) is 11.3. The smallest absolute Gasteiger partial charge is 0.0715 e. The van der Waals surface area contributed by atoms with E-state index in [2.05, 4.69) is 12.2 Å². The van der Waals surface area contributed by atoms with Crippen molar-refractivity contribution >= 4 is 11.8 Å². The molecule has 2 nitrogen and oxygen atoms in total. The molecule has 0 aromatic rings. The summed E-state index contributed by atoms with van der Waals surface area (Å²) in [6.07, 6.45) is 2.56. The lowest BCUT2D eigenvalue weighted by Crippen LogP contribution is -2.45. The molecule has 78 valence electrons. The van der Waals surface area contributed by atoms with Crippen molar-refractivity contribution in [3.8, 4) is 0 Å². The third-order valence-corrected chi connectivity index (χ3v) is 3.78. The van der Waals surface area contributed by atoms with Crippen molar-refractivity contribution in [3.05, 3.63) is 0 Å². The number of nitrogens with one attached hydrogen (secondary N) is 1. The van der Waals surface area contributed by atoms with E-state index in [0.29, 0.717) is 17.8 Å². The van der Waals surface area contributed by atoms with Gasteiger partial charge in [-0.1, -0.05) is 6.92 Å². The van der Waals surface area contributed by atoms with Gasteiger partial charge in [-0.15, -0.1) is 0 Å². The highest BCUT2D eigenvalue weighted by molar-refractivity contribution is 7.99. The quantitative estimate of drug-likeness (QED) is 0.731. The van der Waals surface area contributed by atoms with Crippen molar-refractivity contribution in [2.45, 2.75) is 50.5 Å². The first-order valence-corrected chi connectivity index (χ1v) is 6.11. The molecule has 1 rings (SSSR count). The molecule has 0 bridgehead atoms. The predicted molar refractivity (Wildman–Crippen MR) is 59.2 cm³/mol. The zero-order valence-corrected chi connectivity index (χ0v) is 9.66. The van der Waals surface area contributed by atoms with E-state index < -0.39 is 5.60 Å². The van der Waals surface area contributed by atoms with E-state index in [-0.39, 0.29) is 0 Å². The van der Waals surface area contributed by atoms with Gasteiger partial charge < -0.3 is 10.4 Å². The Balaban J connectivity index is 2.27. The van der Waals surface area contributed by atoms with Crippen LogP contribution in [0.5, 0.6) is 0 Å². The molecule has 0 aromatic heterocycles. The van der Waals surface area contributed by atoms with Gasteiger partial charge >= 0.3 is 0 Å². The van der Waals surface area contributed by atoms with Gasteiger partial charge in [0.1, 0.15) is 0 Å². The molecule has 0 amide bonds. The van der Waals surface area contributed by atoms with E-state index in [9.17, 15) is 5.11 Å². The molecular weight excluding hydrogens is 182 g/mol. The molecule has 2 N–H and O–H groups in total. The summed E-state index contributed by atoms with van der Waals surface area (Å²) in [5, 5.41) is 13.7. The molecule has 0 saturated carbocycles.